The van der Waals surface area contributed by atoms with Crippen molar-refractivity contribution in [2.45, 2.75) is 58.7 Å². The lowest BCUT2D eigenvalue weighted by molar-refractivity contribution is 0.201. The van der Waals surface area contributed by atoms with Gasteiger partial charge in [-0.1, -0.05) is 30.3 Å². The fourth-order valence-electron chi connectivity index (χ4n) is 3.94. The number of benzene rings is 1. The number of hydrogen-bond acceptors (Lipinski definition) is 4. The van der Waals surface area contributed by atoms with Gasteiger partial charge in [0, 0.05) is 44.0 Å². The van der Waals surface area contributed by atoms with Crippen LogP contribution in [0, 0.1) is 0 Å². The summed E-state index contributed by atoms with van der Waals surface area (Å²) in [5.41, 5.74) is 2.57. The summed E-state index contributed by atoms with van der Waals surface area (Å²) >= 11 is 0. The van der Waals surface area contributed by atoms with E-state index in [9.17, 15) is 0 Å². The number of pyridine rings is 1. The predicted octanol–water partition coefficient (Wildman–Crippen LogP) is 4.78. The van der Waals surface area contributed by atoms with Crippen LogP contribution in [-0.4, -0.2) is 41.1 Å². The van der Waals surface area contributed by atoms with Crippen LogP contribution in [0.2, 0.25) is 0 Å². The standard InChI is InChI=1S/C23H34N4/c1-5-27(22-21(12-9-15-24-22)25-23(2,3)4)20-13-16-26(17-14-20)18-19-10-7-6-8-11-19/h6-12,15,20,25H,5,13-14,16-18H2,1-4H3. The lowest BCUT2D eigenvalue weighted by Crippen LogP contribution is -2.45. The number of likely N-dealkylation sites (tertiary alicyclic amines) is 1. The SMILES string of the molecule is CCN(c1ncccc1NC(C)(C)C)C1CCN(Cc2ccccc2)CC1. The normalized spacial score (nSPS) is 16.3. The third kappa shape index (κ3) is 5.46. The van der Waals surface area contributed by atoms with Gasteiger partial charge in [-0.3, -0.25) is 4.90 Å². The molecule has 0 atom stereocenters. The molecule has 1 N–H and O–H groups in total. The second-order valence-corrected chi connectivity index (χ2v) is 8.53. The number of rotatable bonds is 6. The van der Waals surface area contributed by atoms with Gasteiger partial charge in [0.05, 0.1) is 5.69 Å². The summed E-state index contributed by atoms with van der Waals surface area (Å²) < 4.78 is 0. The summed E-state index contributed by atoms with van der Waals surface area (Å²) in [5.74, 6) is 1.09. The summed E-state index contributed by atoms with van der Waals surface area (Å²) in [5, 5.41) is 3.63. The maximum Gasteiger partial charge on any atom is 0.152 e. The highest BCUT2D eigenvalue weighted by Gasteiger charge is 2.26. The minimum Gasteiger partial charge on any atom is -0.377 e. The number of piperidine rings is 1. The predicted molar refractivity (Wildman–Crippen MR) is 115 cm³/mol. The molecule has 1 saturated heterocycles. The van der Waals surface area contributed by atoms with Crippen molar-refractivity contribution in [1.29, 1.82) is 0 Å². The van der Waals surface area contributed by atoms with Crippen LogP contribution in [0.15, 0.2) is 48.7 Å². The Kier molecular flexibility index (Phi) is 6.38. The summed E-state index contributed by atoms with van der Waals surface area (Å²) in [6, 6.07) is 15.5. The average Bonchev–Trinajstić information content (AvgIpc) is 2.65. The monoisotopic (exact) mass is 366 g/mol. The maximum absolute atomic E-state index is 4.75. The summed E-state index contributed by atoms with van der Waals surface area (Å²) in [7, 11) is 0. The Balaban J connectivity index is 1.66. The molecule has 2 heterocycles. The Labute approximate surface area is 164 Å². The molecule has 4 nitrogen and oxygen atoms in total. The summed E-state index contributed by atoms with van der Waals surface area (Å²) in [6.07, 6.45) is 4.29. The molecule has 0 spiro atoms. The van der Waals surface area contributed by atoms with Gasteiger partial charge in [-0.2, -0.15) is 0 Å². The molecule has 1 aliphatic heterocycles. The van der Waals surface area contributed by atoms with E-state index in [1.165, 1.54) is 18.4 Å². The molecule has 3 rings (SSSR count). The van der Waals surface area contributed by atoms with Gasteiger partial charge in [-0.05, 0) is 58.2 Å². The zero-order valence-corrected chi connectivity index (χ0v) is 17.3. The van der Waals surface area contributed by atoms with E-state index < -0.39 is 0 Å². The number of anilines is 2. The molecular weight excluding hydrogens is 332 g/mol. The van der Waals surface area contributed by atoms with Crippen molar-refractivity contribution in [2.24, 2.45) is 0 Å². The molecular formula is C23H34N4. The molecule has 0 bridgehead atoms. The molecule has 0 aliphatic carbocycles. The Morgan fingerprint density at radius 3 is 2.41 bits per heavy atom. The van der Waals surface area contributed by atoms with E-state index in [4.69, 9.17) is 4.98 Å². The Morgan fingerprint density at radius 2 is 1.78 bits per heavy atom. The van der Waals surface area contributed by atoms with Gasteiger partial charge in [0.15, 0.2) is 5.82 Å². The van der Waals surface area contributed by atoms with Crippen molar-refractivity contribution in [1.82, 2.24) is 9.88 Å². The van der Waals surface area contributed by atoms with Crippen molar-refractivity contribution in [2.75, 3.05) is 29.9 Å². The maximum atomic E-state index is 4.75. The summed E-state index contributed by atoms with van der Waals surface area (Å²) in [6.45, 7) is 13.2. The van der Waals surface area contributed by atoms with Gasteiger partial charge in [-0.15, -0.1) is 0 Å². The van der Waals surface area contributed by atoms with Crippen LogP contribution < -0.4 is 10.2 Å². The minimum atomic E-state index is 0.0241. The van der Waals surface area contributed by atoms with Crippen LogP contribution in [0.1, 0.15) is 46.1 Å². The van der Waals surface area contributed by atoms with Crippen LogP contribution in [-0.2, 0) is 6.54 Å². The van der Waals surface area contributed by atoms with Crippen LogP contribution in [0.4, 0.5) is 11.5 Å². The zero-order valence-electron chi connectivity index (χ0n) is 17.3. The minimum absolute atomic E-state index is 0.0241. The highest BCUT2D eigenvalue weighted by atomic mass is 15.2. The van der Waals surface area contributed by atoms with Crippen LogP contribution in [0.3, 0.4) is 0 Å². The molecule has 0 radical (unpaired) electrons. The van der Waals surface area contributed by atoms with Crippen LogP contribution in [0.5, 0.6) is 0 Å². The first kappa shape index (κ1) is 19.7. The molecule has 1 aromatic heterocycles. The van der Waals surface area contributed by atoms with Gasteiger partial charge >= 0.3 is 0 Å². The van der Waals surface area contributed by atoms with Crippen molar-refractivity contribution in [3.63, 3.8) is 0 Å². The van der Waals surface area contributed by atoms with Gasteiger partial charge in [0.25, 0.3) is 0 Å². The fourth-order valence-corrected chi connectivity index (χ4v) is 3.94. The van der Waals surface area contributed by atoms with Gasteiger partial charge in [-0.25, -0.2) is 4.98 Å². The smallest absolute Gasteiger partial charge is 0.152 e. The molecule has 1 fully saturated rings. The fraction of sp³-hybridized carbons (Fsp3) is 0.522. The molecule has 1 aliphatic rings. The molecule has 0 saturated carbocycles. The number of hydrogen-bond donors (Lipinski definition) is 1. The van der Waals surface area contributed by atoms with Crippen molar-refractivity contribution in [3.05, 3.63) is 54.2 Å². The third-order valence-electron chi connectivity index (χ3n) is 5.16. The van der Waals surface area contributed by atoms with E-state index >= 15 is 0 Å². The van der Waals surface area contributed by atoms with E-state index in [2.05, 4.69) is 79.2 Å². The topological polar surface area (TPSA) is 31.4 Å². The number of aromatic nitrogens is 1. The quantitative estimate of drug-likeness (QED) is 0.797. The molecule has 1 aromatic carbocycles. The van der Waals surface area contributed by atoms with Crippen LogP contribution >= 0.6 is 0 Å². The molecule has 2 aromatic rings. The third-order valence-corrected chi connectivity index (χ3v) is 5.16. The first-order chi connectivity index (χ1) is 13.0. The van der Waals surface area contributed by atoms with E-state index in [0.29, 0.717) is 6.04 Å². The molecule has 146 valence electrons. The first-order valence-electron chi connectivity index (χ1n) is 10.2. The molecule has 4 heteroatoms. The highest BCUT2D eigenvalue weighted by molar-refractivity contribution is 5.66. The highest BCUT2D eigenvalue weighted by Crippen LogP contribution is 2.30. The van der Waals surface area contributed by atoms with E-state index in [1.54, 1.807) is 0 Å². The largest absolute Gasteiger partial charge is 0.377 e. The number of nitrogens with one attached hydrogen (secondary N) is 1. The van der Waals surface area contributed by atoms with E-state index in [-0.39, 0.29) is 5.54 Å². The average molecular weight is 367 g/mol. The Morgan fingerprint density at radius 1 is 1.07 bits per heavy atom. The summed E-state index contributed by atoms with van der Waals surface area (Å²) in [4.78, 5) is 9.82. The molecule has 27 heavy (non-hydrogen) atoms. The second-order valence-electron chi connectivity index (χ2n) is 8.53. The molecule has 0 unspecified atom stereocenters. The van der Waals surface area contributed by atoms with Crippen LogP contribution in [0.25, 0.3) is 0 Å². The van der Waals surface area contributed by atoms with E-state index in [0.717, 1.165) is 37.7 Å². The van der Waals surface area contributed by atoms with Crippen molar-refractivity contribution in [3.8, 4) is 0 Å². The van der Waals surface area contributed by atoms with Gasteiger partial charge in [0.2, 0.25) is 0 Å². The zero-order chi connectivity index (χ0) is 19.3. The van der Waals surface area contributed by atoms with E-state index in [1.807, 2.05) is 12.3 Å². The number of nitrogens with zero attached hydrogens (tertiary/aromatic N) is 3. The second kappa shape index (κ2) is 8.75. The van der Waals surface area contributed by atoms with Gasteiger partial charge < -0.3 is 10.2 Å². The van der Waals surface area contributed by atoms with Crippen molar-refractivity contribution < 1.29 is 0 Å². The lowest BCUT2D eigenvalue weighted by atomic mass is 10.0. The Bertz CT molecular complexity index is 700. The van der Waals surface area contributed by atoms with Gasteiger partial charge in [0.1, 0.15) is 0 Å². The molecule has 0 amide bonds. The Hall–Kier alpha value is -2.07. The van der Waals surface area contributed by atoms with Crippen molar-refractivity contribution >= 4 is 11.5 Å². The lowest BCUT2D eigenvalue weighted by Gasteiger charge is -2.40. The first-order valence-corrected chi connectivity index (χ1v) is 10.2.